The first-order chi connectivity index (χ1) is 10.8. The number of unbranched alkanes of at least 4 members (excludes halogenated alkanes) is 2. The van der Waals surface area contributed by atoms with E-state index in [-0.39, 0.29) is 0 Å². The molecule has 0 amide bonds. The quantitative estimate of drug-likeness (QED) is 0.576. The molecule has 0 radical (unpaired) electrons. The predicted octanol–water partition coefficient (Wildman–Crippen LogP) is 5.13. The number of imidazole rings is 1. The molecule has 0 bridgehead atoms. The highest BCUT2D eigenvalue weighted by molar-refractivity contribution is 5.76. The van der Waals surface area contributed by atoms with E-state index < -0.39 is 0 Å². The number of aryl methyl sites for hydroxylation is 2. The first-order valence-electron chi connectivity index (χ1n) is 8.28. The first-order valence-corrected chi connectivity index (χ1v) is 8.28. The van der Waals surface area contributed by atoms with Gasteiger partial charge in [-0.25, -0.2) is 4.98 Å². The van der Waals surface area contributed by atoms with Crippen molar-refractivity contribution in [3.63, 3.8) is 0 Å². The molecule has 0 saturated heterocycles. The number of aromatic nitrogens is 2. The van der Waals surface area contributed by atoms with Crippen LogP contribution in [0.1, 0.15) is 43.1 Å². The van der Waals surface area contributed by atoms with Crippen molar-refractivity contribution in [2.24, 2.45) is 0 Å². The zero-order chi connectivity index (χ0) is 15.4. The third kappa shape index (κ3) is 3.06. The summed E-state index contributed by atoms with van der Waals surface area (Å²) in [6.07, 6.45) is 4.80. The Morgan fingerprint density at radius 2 is 1.73 bits per heavy atom. The van der Waals surface area contributed by atoms with Crippen LogP contribution >= 0.6 is 0 Å². The summed E-state index contributed by atoms with van der Waals surface area (Å²) >= 11 is 0. The molecule has 1 heterocycles. The second-order valence-corrected chi connectivity index (χ2v) is 5.99. The molecule has 0 spiro atoms. The molecule has 0 saturated carbocycles. The van der Waals surface area contributed by atoms with Crippen molar-refractivity contribution in [1.82, 2.24) is 9.55 Å². The van der Waals surface area contributed by atoms with Crippen molar-refractivity contribution >= 4 is 11.0 Å². The Labute approximate surface area is 132 Å². The monoisotopic (exact) mass is 292 g/mol. The van der Waals surface area contributed by atoms with Gasteiger partial charge in [0.05, 0.1) is 11.0 Å². The van der Waals surface area contributed by atoms with Gasteiger partial charge in [-0.3, -0.25) is 0 Å². The molecule has 3 aromatic rings. The largest absolute Gasteiger partial charge is 0.323 e. The Kier molecular flexibility index (Phi) is 4.57. The molecule has 114 valence electrons. The third-order valence-corrected chi connectivity index (χ3v) is 4.33. The summed E-state index contributed by atoms with van der Waals surface area (Å²) in [6.45, 7) is 5.34. The SMILES string of the molecule is CCCCCc1nc2ccccc2n1Cc1ccccc1C. The maximum absolute atomic E-state index is 4.87. The summed E-state index contributed by atoms with van der Waals surface area (Å²) in [4.78, 5) is 4.87. The van der Waals surface area contributed by atoms with Gasteiger partial charge in [-0.2, -0.15) is 0 Å². The van der Waals surface area contributed by atoms with E-state index in [0.717, 1.165) is 18.5 Å². The molecule has 0 fully saturated rings. The second-order valence-electron chi connectivity index (χ2n) is 5.99. The van der Waals surface area contributed by atoms with E-state index in [4.69, 9.17) is 4.98 Å². The van der Waals surface area contributed by atoms with Gasteiger partial charge in [-0.05, 0) is 36.6 Å². The van der Waals surface area contributed by atoms with Crippen molar-refractivity contribution in [3.8, 4) is 0 Å². The molecule has 2 nitrogen and oxygen atoms in total. The summed E-state index contributed by atoms with van der Waals surface area (Å²) in [5.41, 5.74) is 5.09. The van der Waals surface area contributed by atoms with Crippen molar-refractivity contribution in [1.29, 1.82) is 0 Å². The van der Waals surface area contributed by atoms with Gasteiger partial charge in [0.25, 0.3) is 0 Å². The second kappa shape index (κ2) is 6.78. The summed E-state index contributed by atoms with van der Waals surface area (Å²) in [7, 11) is 0. The van der Waals surface area contributed by atoms with Crippen LogP contribution in [0.5, 0.6) is 0 Å². The summed E-state index contributed by atoms with van der Waals surface area (Å²) < 4.78 is 2.40. The van der Waals surface area contributed by atoms with Crippen LogP contribution in [0.4, 0.5) is 0 Å². The number of hydrogen-bond donors (Lipinski definition) is 0. The molecule has 22 heavy (non-hydrogen) atoms. The lowest BCUT2D eigenvalue weighted by atomic mass is 10.1. The Bertz CT molecular complexity index is 755. The van der Waals surface area contributed by atoms with Crippen molar-refractivity contribution in [2.75, 3.05) is 0 Å². The van der Waals surface area contributed by atoms with Crippen molar-refractivity contribution < 1.29 is 0 Å². The van der Waals surface area contributed by atoms with Gasteiger partial charge in [0, 0.05) is 13.0 Å². The molecule has 2 aromatic carbocycles. The standard InChI is InChI=1S/C20H24N2/c1-3-4-5-14-20-21-18-12-8-9-13-19(18)22(20)15-17-11-7-6-10-16(17)2/h6-13H,3-5,14-15H2,1-2H3. The average molecular weight is 292 g/mol. The van der Waals surface area contributed by atoms with E-state index in [1.807, 2.05) is 0 Å². The van der Waals surface area contributed by atoms with E-state index in [0.29, 0.717) is 0 Å². The summed E-state index contributed by atoms with van der Waals surface area (Å²) in [5.74, 6) is 1.22. The van der Waals surface area contributed by atoms with Crippen LogP contribution in [0.3, 0.4) is 0 Å². The van der Waals surface area contributed by atoms with Gasteiger partial charge in [-0.1, -0.05) is 56.2 Å². The van der Waals surface area contributed by atoms with Crippen molar-refractivity contribution in [3.05, 3.63) is 65.5 Å². The molecule has 2 heteroatoms. The lowest BCUT2D eigenvalue weighted by molar-refractivity contribution is 0.658. The zero-order valence-electron chi connectivity index (χ0n) is 13.5. The fraction of sp³-hybridized carbons (Fsp3) is 0.350. The first kappa shape index (κ1) is 14.8. The highest BCUT2D eigenvalue weighted by Gasteiger charge is 2.11. The fourth-order valence-corrected chi connectivity index (χ4v) is 2.98. The minimum absolute atomic E-state index is 0.911. The van der Waals surface area contributed by atoms with Gasteiger partial charge in [0.1, 0.15) is 5.82 Å². The topological polar surface area (TPSA) is 17.8 Å². The van der Waals surface area contributed by atoms with Crippen LogP contribution in [0, 0.1) is 6.92 Å². The lowest BCUT2D eigenvalue weighted by Gasteiger charge is -2.11. The lowest BCUT2D eigenvalue weighted by Crippen LogP contribution is -2.06. The van der Waals surface area contributed by atoms with E-state index >= 15 is 0 Å². The molecule has 0 atom stereocenters. The Hall–Kier alpha value is -2.09. The minimum Gasteiger partial charge on any atom is -0.323 e. The zero-order valence-corrected chi connectivity index (χ0v) is 13.5. The van der Waals surface area contributed by atoms with Crippen LogP contribution in [-0.4, -0.2) is 9.55 Å². The van der Waals surface area contributed by atoms with Gasteiger partial charge in [0.15, 0.2) is 0 Å². The summed E-state index contributed by atoms with van der Waals surface area (Å²) in [5, 5.41) is 0. The number of hydrogen-bond acceptors (Lipinski definition) is 1. The van der Waals surface area contributed by atoms with Gasteiger partial charge >= 0.3 is 0 Å². The van der Waals surface area contributed by atoms with E-state index in [9.17, 15) is 0 Å². The van der Waals surface area contributed by atoms with Gasteiger partial charge in [-0.15, -0.1) is 0 Å². The van der Waals surface area contributed by atoms with Crippen LogP contribution < -0.4 is 0 Å². The number of benzene rings is 2. The molecule has 0 unspecified atom stereocenters. The van der Waals surface area contributed by atoms with Crippen LogP contribution in [-0.2, 0) is 13.0 Å². The number of para-hydroxylation sites is 2. The van der Waals surface area contributed by atoms with Gasteiger partial charge in [0.2, 0.25) is 0 Å². The van der Waals surface area contributed by atoms with E-state index in [2.05, 4.69) is 66.9 Å². The molecule has 1 aromatic heterocycles. The molecular weight excluding hydrogens is 268 g/mol. The Balaban J connectivity index is 1.98. The molecule has 0 aliphatic carbocycles. The molecule has 3 rings (SSSR count). The normalized spacial score (nSPS) is 11.2. The van der Waals surface area contributed by atoms with Crippen LogP contribution in [0.2, 0.25) is 0 Å². The van der Waals surface area contributed by atoms with E-state index in [1.165, 1.54) is 41.7 Å². The highest BCUT2D eigenvalue weighted by atomic mass is 15.1. The van der Waals surface area contributed by atoms with Gasteiger partial charge < -0.3 is 4.57 Å². The average Bonchev–Trinajstić information content (AvgIpc) is 2.88. The minimum atomic E-state index is 0.911. The maximum Gasteiger partial charge on any atom is 0.110 e. The van der Waals surface area contributed by atoms with E-state index in [1.54, 1.807) is 0 Å². The predicted molar refractivity (Wildman–Crippen MR) is 93.2 cm³/mol. The maximum atomic E-state index is 4.87. The smallest absolute Gasteiger partial charge is 0.110 e. The number of rotatable bonds is 6. The fourth-order valence-electron chi connectivity index (χ4n) is 2.98. The highest BCUT2D eigenvalue weighted by Crippen LogP contribution is 2.20. The van der Waals surface area contributed by atoms with Crippen molar-refractivity contribution in [2.45, 2.75) is 46.1 Å². The molecule has 0 aliphatic heterocycles. The third-order valence-electron chi connectivity index (χ3n) is 4.33. The molecular formula is C20H24N2. The Morgan fingerprint density at radius 3 is 2.55 bits per heavy atom. The Morgan fingerprint density at radius 1 is 0.955 bits per heavy atom. The number of nitrogens with zero attached hydrogens (tertiary/aromatic N) is 2. The molecule has 0 N–H and O–H groups in total. The summed E-state index contributed by atoms with van der Waals surface area (Å²) in [6, 6.07) is 17.1. The van der Waals surface area contributed by atoms with Crippen LogP contribution in [0.25, 0.3) is 11.0 Å². The molecule has 0 aliphatic rings. The van der Waals surface area contributed by atoms with Crippen LogP contribution in [0.15, 0.2) is 48.5 Å². The number of fused-ring (bicyclic) bond motifs is 1.